The largest absolute Gasteiger partial charge is 0.497 e. The molecule has 172 valence electrons. The molecule has 0 radical (unpaired) electrons. The van der Waals surface area contributed by atoms with Gasteiger partial charge in [0.05, 0.1) is 13.7 Å². The van der Waals surface area contributed by atoms with E-state index in [9.17, 15) is 9.59 Å². The van der Waals surface area contributed by atoms with Crippen LogP contribution in [0.5, 0.6) is 5.75 Å². The highest BCUT2D eigenvalue weighted by molar-refractivity contribution is 7.09. The predicted octanol–water partition coefficient (Wildman–Crippen LogP) is 4.11. The summed E-state index contributed by atoms with van der Waals surface area (Å²) in [5.41, 5.74) is 3.24. The minimum atomic E-state index is -0.139. The zero-order valence-electron chi connectivity index (χ0n) is 19.1. The van der Waals surface area contributed by atoms with Gasteiger partial charge in [-0.05, 0) is 55.5 Å². The van der Waals surface area contributed by atoms with Gasteiger partial charge >= 0.3 is 0 Å². The Bertz CT molecular complexity index is 1190. The number of carbonyl (C=O) groups is 1. The van der Waals surface area contributed by atoms with Crippen LogP contribution in [0.4, 0.5) is 5.69 Å². The molecule has 6 nitrogen and oxygen atoms in total. The van der Waals surface area contributed by atoms with E-state index in [0.717, 1.165) is 48.8 Å². The Morgan fingerprint density at radius 2 is 1.82 bits per heavy atom. The van der Waals surface area contributed by atoms with Crippen molar-refractivity contribution in [3.63, 3.8) is 0 Å². The van der Waals surface area contributed by atoms with Crippen LogP contribution < -0.4 is 15.1 Å². The summed E-state index contributed by atoms with van der Waals surface area (Å²) in [6.45, 7) is 5.38. The summed E-state index contributed by atoms with van der Waals surface area (Å²) in [6.07, 6.45) is 2.08. The van der Waals surface area contributed by atoms with Crippen LogP contribution in [0.25, 0.3) is 0 Å². The van der Waals surface area contributed by atoms with Gasteiger partial charge < -0.3 is 19.1 Å². The first-order valence-corrected chi connectivity index (χ1v) is 12.4. The molecular weight excluding hydrogens is 434 g/mol. The Hall–Kier alpha value is -3.06. The van der Waals surface area contributed by atoms with Crippen molar-refractivity contribution in [1.82, 2.24) is 9.47 Å². The summed E-state index contributed by atoms with van der Waals surface area (Å²) >= 11 is 1.71. The van der Waals surface area contributed by atoms with Crippen LogP contribution in [0.3, 0.4) is 0 Å². The first-order valence-electron chi connectivity index (χ1n) is 11.5. The quantitative estimate of drug-likeness (QED) is 0.552. The SMILES string of the molecule is COc1ccc(N2CCN(C(=O)c3c(C4CC4)n(Cc4cccs4)c(C)cc3=O)CC2)cc1. The molecule has 1 aliphatic carbocycles. The zero-order valence-corrected chi connectivity index (χ0v) is 19.9. The molecule has 1 aromatic carbocycles. The Morgan fingerprint density at radius 1 is 1.09 bits per heavy atom. The van der Waals surface area contributed by atoms with Crippen molar-refractivity contribution in [3.8, 4) is 5.75 Å². The summed E-state index contributed by atoms with van der Waals surface area (Å²) in [5.74, 6) is 1.02. The van der Waals surface area contributed by atoms with E-state index in [1.807, 2.05) is 42.2 Å². The van der Waals surface area contributed by atoms with Crippen LogP contribution in [-0.4, -0.2) is 48.7 Å². The lowest BCUT2D eigenvalue weighted by atomic mass is 10.0. The molecule has 2 aliphatic rings. The Kier molecular flexibility index (Phi) is 5.98. The lowest BCUT2D eigenvalue weighted by Gasteiger charge is -2.36. The molecule has 0 unspecified atom stereocenters. The van der Waals surface area contributed by atoms with Gasteiger partial charge in [-0.3, -0.25) is 9.59 Å². The normalized spacial score (nSPS) is 16.2. The molecule has 33 heavy (non-hydrogen) atoms. The van der Waals surface area contributed by atoms with Gasteiger partial charge in [0.15, 0.2) is 5.43 Å². The summed E-state index contributed by atoms with van der Waals surface area (Å²) in [7, 11) is 1.66. The van der Waals surface area contributed by atoms with Crippen molar-refractivity contribution >= 4 is 22.9 Å². The van der Waals surface area contributed by atoms with E-state index < -0.39 is 0 Å². The fourth-order valence-electron chi connectivity index (χ4n) is 4.67. The third-order valence-electron chi connectivity index (χ3n) is 6.64. The Morgan fingerprint density at radius 3 is 2.42 bits per heavy atom. The number of nitrogens with zero attached hydrogens (tertiary/aromatic N) is 3. The molecule has 0 bridgehead atoms. The standard InChI is InChI=1S/C26H29N3O3S/c1-18-16-23(30)24(25(19-5-6-19)29(18)17-22-4-3-15-33-22)26(31)28-13-11-27(12-14-28)20-7-9-21(32-2)10-8-20/h3-4,7-10,15-16,19H,5-6,11-14,17H2,1-2H3. The maximum Gasteiger partial charge on any atom is 0.259 e. The fraction of sp³-hybridized carbons (Fsp3) is 0.385. The number of methoxy groups -OCH3 is 1. The second kappa shape index (κ2) is 9.06. The number of aromatic nitrogens is 1. The Balaban J connectivity index is 1.39. The molecule has 5 rings (SSSR count). The highest BCUT2D eigenvalue weighted by Crippen LogP contribution is 2.42. The minimum Gasteiger partial charge on any atom is -0.497 e. The molecule has 7 heteroatoms. The third kappa shape index (κ3) is 4.42. The number of pyridine rings is 1. The van der Waals surface area contributed by atoms with Crippen molar-refractivity contribution in [1.29, 1.82) is 0 Å². The molecule has 1 saturated carbocycles. The highest BCUT2D eigenvalue weighted by atomic mass is 32.1. The average molecular weight is 464 g/mol. The van der Waals surface area contributed by atoms with E-state index in [1.54, 1.807) is 24.5 Å². The number of rotatable bonds is 6. The van der Waals surface area contributed by atoms with Crippen molar-refractivity contribution in [3.05, 3.63) is 79.9 Å². The van der Waals surface area contributed by atoms with Gasteiger partial charge in [0.25, 0.3) is 5.91 Å². The van der Waals surface area contributed by atoms with Crippen LogP contribution in [0.2, 0.25) is 0 Å². The predicted molar refractivity (Wildman–Crippen MR) is 132 cm³/mol. The molecule has 0 N–H and O–H groups in total. The number of hydrogen-bond donors (Lipinski definition) is 0. The topological polar surface area (TPSA) is 54.8 Å². The molecule has 2 aromatic heterocycles. The van der Waals surface area contributed by atoms with Crippen molar-refractivity contribution in [2.45, 2.75) is 32.2 Å². The van der Waals surface area contributed by atoms with Gasteiger partial charge in [-0.25, -0.2) is 0 Å². The van der Waals surface area contributed by atoms with Crippen molar-refractivity contribution < 1.29 is 9.53 Å². The van der Waals surface area contributed by atoms with Crippen molar-refractivity contribution in [2.24, 2.45) is 0 Å². The van der Waals surface area contributed by atoms with E-state index in [0.29, 0.717) is 31.1 Å². The number of aryl methyl sites for hydroxylation is 1. The van der Waals surface area contributed by atoms with Crippen LogP contribution in [-0.2, 0) is 6.54 Å². The second-order valence-electron chi connectivity index (χ2n) is 8.83. The molecule has 3 heterocycles. The first-order chi connectivity index (χ1) is 16.0. The molecule has 1 amide bonds. The van der Waals surface area contributed by atoms with E-state index in [4.69, 9.17) is 4.74 Å². The number of thiophene rings is 1. The third-order valence-corrected chi connectivity index (χ3v) is 7.50. The fourth-order valence-corrected chi connectivity index (χ4v) is 5.37. The molecule has 1 saturated heterocycles. The smallest absolute Gasteiger partial charge is 0.259 e. The molecule has 0 spiro atoms. The second-order valence-corrected chi connectivity index (χ2v) is 9.86. The molecule has 1 aliphatic heterocycles. The van der Waals surface area contributed by atoms with Crippen LogP contribution in [0.1, 0.15) is 45.4 Å². The van der Waals surface area contributed by atoms with Gasteiger partial charge in [0.1, 0.15) is 11.3 Å². The lowest BCUT2D eigenvalue weighted by molar-refractivity contribution is 0.0743. The summed E-state index contributed by atoms with van der Waals surface area (Å²) in [4.78, 5) is 32.1. The molecule has 3 aromatic rings. The minimum absolute atomic E-state index is 0.115. The van der Waals surface area contributed by atoms with Crippen LogP contribution in [0.15, 0.2) is 52.6 Å². The Labute approximate surface area is 198 Å². The van der Waals surface area contributed by atoms with E-state index in [-0.39, 0.29) is 11.3 Å². The lowest BCUT2D eigenvalue weighted by Crippen LogP contribution is -2.50. The van der Waals surface area contributed by atoms with Gasteiger partial charge in [-0.2, -0.15) is 0 Å². The number of carbonyl (C=O) groups excluding carboxylic acids is 1. The monoisotopic (exact) mass is 463 g/mol. The number of amides is 1. The van der Waals surface area contributed by atoms with Crippen LogP contribution >= 0.6 is 11.3 Å². The maximum atomic E-state index is 13.6. The van der Waals surface area contributed by atoms with E-state index in [2.05, 4.69) is 20.9 Å². The number of anilines is 1. The van der Waals surface area contributed by atoms with Crippen LogP contribution in [0, 0.1) is 6.92 Å². The zero-order chi connectivity index (χ0) is 22.9. The number of benzene rings is 1. The van der Waals surface area contributed by atoms with Gasteiger partial charge in [-0.15, -0.1) is 11.3 Å². The van der Waals surface area contributed by atoms with Gasteiger partial charge in [0, 0.05) is 60.1 Å². The molecule has 0 atom stereocenters. The number of piperazine rings is 1. The van der Waals surface area contributed by atoms with E-state index >= 15 is 0 Å². The van der Waals surface area contributed by atoms with E-state index in [1.165, 1.54) is 4.88 Å². The van der Waals surface area contributed by atoms with Gasteiger partial charge in [-0.1, -0.05) is 6.07 Å². The highest BCUT2D eigenvalue weighted by Gasteiger charge is 2.35. The summed E-state index contributed by atoms with van der Waals surface area (Å²) < 4.78 is 7.45. The number of hydrogen-bond acceptors (Lipinski definition) is 5. The number of ether oxygens (including phenoxy) is 1. The van der Waals surface area contributed by atoms with Crippen molar-refractivity contribution in [2.75, 3.05) is 38.2 Å². The first kappa shape index (κ1) is 21.8. The van der Waals surface area contributed by atoms with Gasteiger partial charge in [0.2, 0.25) is 0 Å². The maximum absolute atomic E-state index is 13.6. The summed E-state index contributed by atoms with van der Waals surface area (Å²) in [6, 6.07) is 13.8. The summed E-state index contributed by atoms with van der Waals surface area (Å²) in [5, 5.41) is 2.07. The molecule has 2 fully saturated rings. The molecular formula is C26H29N3O3S. The average Bonchev–Trinajstić information content (AvgIpc) is 3.55.